The highest BCUT2D eigenvalue weighted by molar-refractivity contribution is 6.09. The lowest BCUT2D eigenvalue weighted by molar-refractivity contribution is -0.0979. The average molecular weight is 351 g/mol. The highest BCUT2D eigenvalue weighted by Crippen LogP contribution is 2.32. The molecule has 7 heteroatoms. The monoisotopic (exact) mass is 351 g/mol. The summed E-state index contributed by atoms with van der Waals surface area (Å²) in [6.45, 7) is 4.95. The zero-order valence-electron chi connectivity index (χ0n) is 14.9. The maximum absolute atomic E-state index is 8.00. The summed E-state index contributed by atoms with van der Waals surface area (Å²) in [6, 6.07) is 8.33. The molecule has 0 aliphatic carbocycles. The Bertz CT molecular complexity index is 1010. The van der Waals surface area contributed by atoms with E-state index in [4.69, 9.17) is 9.53 Å². The Morgan fingerprint density at radius 2 is 2.04 bits per heavy atom. The maximum atomic E-state index is 8.00. The first-order chi connectivity index (χ1) is 12.8. The zero-order valence-corrected chi connectivity index (χ0v) is 14.9. The molecule has 0 unspecified atom stereocenters. The first-order valence-electron chi connectivity index (χ1n) is 8.32. The van der Waals surface area contributed by atoms with Gasteiger partial charge in [0.15, 0.2) is 0 Å². The van der Waals surface area contributed by atoms with Crippen LogP contribution in [0.4, 0.5) is 0 Å². The van der Waals surface area contributed by atoms with Gasteiger partial charge in [-0.05, 0) is 31.5 Å². The van der Waals surface area contributed by atoms with Gasteiger partial charge in [0.1, 0.15) is 24.7 Å². The minimum absolute atomic E-state index is 0.866. The van der Waals surface area contributed by atoms with E-state index in [1.807, 2.05) is 19.1 Å². The molecule has 0 atom stereocenters. The smallest absolute Gasteiger partial charge is 0.137 e. The first kappa shape index (κ1) is 17.6. The summed E-state index contributed by atoms with van der Waals surface area (Å²) in [5.74, 6) is 1.79. The van der Waals surface area contributed by atoms with Gasteiger partial charge < -0.3 is 14.1 Å². The molecule has 3 aromatic heterocycles. The minimum atomic E-state index is 0.866. The molecule has 0 amide bonds. The Morgan fingerprint density at radius 3 is 2.77 bits per heavy atom. The number of hydrogen-bond donors (Lipinski definition) is 1. The van der Waals surface area contributed by atoms with Crippen LogP contribution in [0.1, 0.15) is 17.9 Å². The van der Waals surface area contributed by atoms with Gasteiger partial charge in [0.2, 0.25) is 0 Å². The standard InChI is InChI=1S/C18H19N5O.CH2O/c1-12-18-15(7-8-19-12)14-6-5-13(24-2)10-16(14)23(18)9-3-4-17-20-11-21-22-17;1-2/h5-8,10-11H,3-4,9H2,1-2H3,(H,20,21,22);1H2. The van der Waals surface area contributed by atoms with Gasteiger partial charge in [-0.1, -0.05) is 0 Å². The molecule has 0 fully saturated rings. The van der Waals surface area contributed by atoms with Crippen molar-refractivity contribution in [2.45, 2.75) is 26.3 Å². The number of benzene rings is 1. The lowest BCUT2D eigenvalue weighted by Crippen LogP contribution is -2.02. The van der Waals surface area contributed by atoms with Crippen molar-refractivity contribution in [2.24, 2.45) is 0 Å². The van der Waals surface area contributed by atoms with Gasteiger partial charge in [0.25, 0.3) is 0 Å². The maximum Gasteiger partial charge on any atom is 0.137 e. The highest BCUT2D eigenvalue weighted by atomic mass is 16.5. The van der Waals surface area contributed by atoms with Gasteiger partial charge in [-0.25, -0.2) is 4.98 Å². The Hall–Kier alpha value is -3.22. The van der Waals surface area contributed by atoms with Gasteiger partial charge in [-0.3, -0.25) is 10.1 Å². The molecule has 0 radical (unpaired) electrons. The summed E-state index contributed by atoms with van der Waals surface area (Å²) < 4.78 is 7.75. The molecule has 0 saturated carbocycles. The average Bonchev–Trinajstić information content (AvgIpc) is 3.30. The number of nitrogens with zero attached hydrogens (tertiary/aromatic N) is 4. The number of rotatable bonds is 5. The normalized spacial score (nSPS) is 10.7. The van der Waals surface area contributed by atoms with Crippen LogP contribution in [-0.2, 0) is 17.8 Å². The number of ether oxygens (including phenoxy) is 1. The molecule has 26 heavy (non-hydrogen) atoms. The quantitative estimate of drug-likeness (QED) is 0.597. The summed E-state index contributed by atoms with van der Waals surface area (Å²) >= 11 is 0. The lowest BCUT2D eigenvalue weighted by Gasteiger charge is -2.09. The Morgan fingerprint density at radius 1 is 1.19 bits per heavy atom. The van der Waals surface area contributed by atoms with Crippen LogP contribution < -0.4 is 4.74 Å². The van der Waals surface area contributed by atoms with Crippen molar-refractivity contribution < 1.29 is 9.53 Å². The lowest BCUT2D eigenvalue weighted by atomic mass is 10.1. The van der Waals surface area contributed by atoms with Crippen molar-refractivity contribution in [1.82, 2.24) is 24.7 Å². The van der Waals surface area contributed by atoms with Crippen LogP contribution in [0.25, 0.3) is 21.8 Å². The Balaban J connectivity index is 0.000000948. The molecule has 7 nitrogen and oxygen atoms in total. The molecular formula is C19H21N5O2. The van der Waals surface area contributed by atoms with Gasteiger partial charge in [-0.2, -0.15) is 5.10 Å². The number of aryl methyl sites for hydroxylation is 3. The van der Waals surface area contributed by atoms with Crippen molar-refractivity contribution in [2.75, 3.05) is 7.11 Å². The molecule has 0 spiro atoms. The largest absolute Gasteiger partial charge is 0.497 e. The van der Waals surface area contributed by atoms with E-state index in [2.05, 4.69) is 49.9 Å². The van der Waals surface area contributed by atoms with Crippen molar-refractivity contribution in [1.29, 1.82) is 0 Å². The van der Waals surface area contributed by atoms with E-state index in [1.54, 1.807) is 13.4 Å². The van der Waals surface area contributed by atoms with Crippen LogP contribution in [0, 0.1) is 6.92 Å². The summed E-state index contributed by atoms with van der Waals surface area (Å²) in [6.07, 6.45) is 5.26. The second-order valence-corrected chi connectivity index (χ2v) is 5.86. The number of carbonyl (C=O) groups excluding carboxylic acids is 1. The van der Waals surface area contributed by atoms with E-state index < -0.39 is 0 Å². The molecule has 134 valence electrons. The van der Waals surface area contributed by atoms with E-state index in [-0.39, 0.29) is 0 Å². The fourth-order valence-corrected chi connectivity index (χ4v) is 3.31. The molecular weight excluding hydrogens is 330 g/mol. The molecule has 4 rings (SSSR count). The van der Waals surface area contributed by atoms with Crippen molar-refractivity contribution in [3.05, 3.63) is 48.3 Å². The van der Waals surface area contributed by atoms with E-state index in [0.29, 0.717) is 0 Å². The van der Waals surface area contributed by atoms with Crippen molar-refractivity contribution in [3.8, 4) is 5.75 Å². The van der Waals surface area contributed by atoms with E-state index in [9.17, 15) is 0 Å². The number of nitrogens with one attached hydrogen (secondary N) is 1. The molecule has 0 bridgehead atoms. The number of methoxy groups -OCH3 is 1. The highest BCUT2D eigenvalue weighted by Gasteiger charge is 2.13. The Kier molecular flexibility index (Phi) is 5.26. The number of fused-ring (bicyclic) bond motifs is 3. The summed E-state index contributed by atoms with van der Waals surface area (Å²) in [5.41, 5.74) is 3.42. The van der Waals surface area contributed by atoms with Gasteiger partial charge >= 0.3 is 0 Å². The molecule has 0 saturated heterocycles. The topological polar surface area (TPSA) is 85.7 Å². The predicted molar refractivity (Wildman–Crippen MR) is 100 cm³/mol. The summed E-state index contributed by atoms with van der Waals surface area (Å²) in [5, 5.41) is 9.29. The zero-order chi connectivity index (χ0) is 18.5. The third kappa shape index (κ3) is 3.15. The number of aromatic amines is 1. The molecule has 4 aromatic rings. The van der Waals surface area contributed by atoms with Gasteiger partial charge in [-0.15, -0.1) is 0 Å². The third-order valence-electron chi connectivity index (χ3n) is 4.42. The fraction of sp³-hybridized carbons (Fsp3) is 0.263. The molecule has 0 aliphatic rings. The van der Waals surface area contributed by atoms with Crippen LogP contribution in [0.5, 0.6) is 5.75 Å². The van der Waals surface area contributed by atoms with E-state index in [0.717, 1.165) is 36.7 Å². The van der Waals surface area contributed by atoms with Crippen LogP contribution in [0.15, 0.2) is 36.8 Å². The fourth-order valence-electron chi connectivity index (χ4n) is 3.31. The van der Waals surface area contributed by atoms with Crippen molar-refractivity contribution in [3.63, 3.8) is 0 Å². The summed E-state index contributed by atoms with van der Waals surface area (Å²) in [4.78, 5) is 16.7. The number of H-pyrrole nitrogens is 1. The minimum Gasteiger partial charge on any atom is -0.497 e. The van der Waals surface area contributed by atoms with Gasteiger partial charge in [0.05, 0.1) is 23.8 Å². The van der Waals surface area contributed by atoms with Crippen LogP contribution in [-0.4, -0.2) is 38.6 Å². The molecule has 0 aliphatic heterocycles. The second-order valence-electron chi connectivity index (χ2n) is 5.86. The second kappa shape index (κ2) is 7.77. The van der Waals surface area contributed by atoms with E-state index in [1.165, 1.54) is 21.8 Å². The summed E-state index contributed by atoms with van der Waals surface area (Å²) in [7, 11) is 1.70. The SMILES string of the molecule is C=O.COc1ccc2c3ccnc(C)c3n(CCCc3ncn[nH]3)c2c1. The van der Waals surface area contributed by atoms with Crippen LogP contribution in [0.3, 0.4) is 0 Å². The van der Waals surface area contributed by atoms with Gasteiger partial charge in [0, 0.05) is 36.0 Å². The number of carbonyl (C=O) groups is 1. The molecule has 3 heterocycles. The van der Waals surface area contributed by atoms with Crippen molar-refractivity contribution >= 4 is 28.6 Å². The molecule has 1 aromatic carbocycles. The van der Waals surface area contributed by atoms with Crippen LogP contribution in [0.2, 0.25) is 0 Å². The predicted octanol–water partition coefficient (Wildman–Crippen LogP) is 3.07. The van der Waals surface area contributed by atoms with E-state index >= 15 is 0 Å². The van der Waals surface area contributed by atoms with Crippen LogP contribution >= 0.6 is 0 Å². The number of hydrogen-bond acceptors (Lipinski definition) is 5. The third-order valence-corrected chi connectivity index (χ3v) is 4.42. The molecule has 1 N–H and O–H groups in total. The Labute approximate surface area is 151 Å². The number of pyridine rings is 1. The number of aromatic nitrogens is 5. The first-order valence-corrected chi connectivity index (χ1v) is 8.32.